The highest BCUT2D eigenvalue weighted by Gasteiger charge is 2.16. The minimum Gasteiger partial charge on any atom is -0.211 e. The van der Waals surface area contributed by atoms with Crippen LogP contribution in [-0.2, 0) is 10.0 Å². The van der Waals surface area contributed by atoms with Gasteiger partial charge in [0.05, 0.1) is 4.90 Å². The quantitative estimate of drug-likeness (QED) is 0.636. The average Bonchev–Trinajstić information content (AvgIpc) is 2.32. The van der Waals surface area contributed by atoms with Crippen molar-refractivity contribution in [2.75, 3.05) is 6.54 Å². The summed E-state index contributed by atoms with van der Waals surface area (Å²) in [5, 5.41) is 0. The van der Waals surface area contributed by atoms with Crippen LogP contribution in [0.2, 0.25) is 0 Å². The van der Waals surface area contributed by atoms with E-state index in [1.54, 1.807) is 6.92 Å². The van der Waals surface area contributed by atoms with E-state index in [4.69, 9.17) is 6.42 Å². The van der Waals surface area contributed by atoms with Gasteiger partial charge in [0.2, 0.25) is 10.0 Å². The van der Waals surface area contributed by atoms with Crippen LogP contribution in [0.1, 0.15) is 24.8 Å². The Morgan fingerprint density at radius 2 is 2.11 bits per heavy atom. The molecule has 1 aromatic rings. The van der Waals surface area contributed by atoms with E-state index in [1.165, 1.54) is 12.1 Å². The number of benzene rings is 1. The van der Waals surface area contributed by atoms with Gasteiger partial charge in [0.15, 0.2) is 0 Å². The molecule has 0 fully saturated rings. The van der Waals surface area contributed by atoms with Crippen LogP contribution in [0, 0.1) is 25.1 Å². The van der Waals surface area contributed by atoms with Crippen molar-refractivity contribution in [3.05, 3.63) is 29.6 Å². The van der Waals surface area contributed by atoms with E-state index in [0.29, 0.717) is 24.9 Å². The van der Waals surface area contributed by atoms with Gasteiger partial charge in [-0.15, -0.1) is 12.3 Å². The van der Waals surface area contributed by atoms with Crippen LogP contribution in [0.25, 0.3) is 0 Å². The summed E-state index contributed by atoms with van der Waals surface area (Å²) in [4.78, 5) is -0.0144. The number of sulfonamides is 1. The molecular weight excluding hydrogens is 253 g/mol. The molecule has 0 radical (unpaired) electrons. The smallest absolute Gasteiger partial charge is 0.211 e. The highest BCUT2D eigenvalue weighted by Crippen LogP contribution is 2.16. The molecule has 0 aliphatic rings. The fraction of sp³-hybridized carbons (Fsp3) is 0.385. The molecule has 1 rings (SSSR count). The van der Waals surface area contributed by atoms with Gasteiger partial charge >= 0.3 is 0 Å². The highest BCUT2D eigenvalue weighted by molar-refractivity contribution is 7.89. The molecule has 5 heteroatoms. The van der Waals surface area contributed by atoms with Crippen molar-refractivity contribution < 1.29 is 12.8 Å². The van der Waals surface area contributed by atoms with E-state index in [1.807, 2.05) is 0 Å². The molecule has 0 saturated carbocycles. The predicted molar refractivity (Wildman–Crippen MR) is 69.0 cm³/mol. The second-order valence-corrected chi connectivity index (χ2v) is 5.70. The van der Waals surface area contributed by atoms with Gasteiger partial charge in [-0.2, -0.15) is 0 Å². The molecule has 0 aliphatic carbocycles. The number of nitrogens with one attached hydrogen (secondary N) is 1. The molecular formula is C13H16FNO2S. The Bertz CT molecular complexity index is 547. The number of terminal acetylenes is 1. The van der Waals surface area contributed by atoms with Crippen LogP contribution in [-0.4, -0.2) is 15.0 Å². The van der Waals surface area contributed by atoms with Crippen molar-refractivity contribution in [3.63, 3.8) is 0 Å². The summed E-state index contributed by atoms with van der Waals surface area (Å²) >= 11 is 0. The third-order valence-corrected chi connectivity index (χ3v) is 4.08. The van der Waals surface area contributed by atoms with Crippen molar-refractivity contribution in [2.45, 2.75) is 31.1 Å². The molecule has 0 aromatic heterocycles. The van der Waals surface area contributed by atoms with E-state index in [9.17, 15) is 12.8 Å². The number of hydrogen-bond acceptors (Lipinski definition) is 2. The van der Waals surface area contributed by atoms with E-state index < -0.39 is 15.8 Å². The fourth-order valence-electron chi connectivity index (χ4n) is 1.50. The fourth-order valence-corrected chi connectivity index (χ4v) is 2.83. The van der Waals surface area contributed by atoms with Crippen molar-refractivity contribution >= 4 is 10.0 Å². The Morgan fingerprint density at radius 3 is 2.78 bits per heavy atom. The number of aryl methyl sites for hydroxylation is 1. The monoisotopic (exact) mass is 269 g/mol. The van der Waals surface area contributed by atoms with Crippen LogP contribution in [0.5, 0.6) is 0 Å². The predicted octanol–water partition coefficient (Wildman–Crippen LogP) is 2.22. The minimum atomic E-state index is -3.64. The topological polar surface area (TPSA) is 46.2 Å². The van der Waals surface area contributed by atoms with Gasteiger partial charge in [0.1, 0.15) is 5.82 Å². The van der Waals surface area contributed by atoms with E-state index in [0.717, 1.165) is 12.5 Å². The normalized spacial score (nSPS) is 11.2. The molecule has 0 saturated heterocycles. The number of hydrogen-bond donors (Lipinski definition) is 1. The Hall–Kier alpha value is -1.38. The lowest BCUT2D eigenvalue weighted by Gasteiger charge is -2.09. The first-order chi connectivity index (χ1) is 8.47. The van der Waals surface area contributed by atoms with Gasteiger partial charge in [-0.25, -0.2) is 17.5 Å². The van der Waals surface area contributed by atoms with E-state index in [-0.39, 0.29) is 4.90 Å². The molecule has 0 aliphatic heterocycles. The molecule has 0 atom stereocenters. The maximum Gasteiger partial charge on any atom is 0.240 e. The lowest BCUT2D eigenvalue weighted by molar-refractivity contribution is 0.573. The SMILES string of the molecule is C#CCCCCNS(=O)(=O)c1cc(F)ccc1C. The molecule has 1 aromatic carbocycles. The Balaban J connectivity index is 2.69. The largest absolute Gasteiger partial charge is 0.240 e. The zero-order valence-electron chi connectivity index (χ0n) is 10.2. The maximum atomic E-state index is 13.1. The van der Waals surface area contributed by atoms with Gasteiger partial charge in [0.25, 0.3) is 0 Å². The Labute approximate surface area is 107 Å². The minimum absolute atomic E-state index is 0.0144. The second-order valence-electron chi connectivity index (χ2n) is 3.97. The molecule has 0 bridgehead atoms. The lowest BCUT2D eigenvalue weighted by atomic mass is 10.2. The van der Waals surface area contributed by atoms with Crippen molar-refractivity contribution in [2.24, 2.45) is 0 Å². The van der Waals surface area contributed by atoms with Crippen LogP contribution in [0.3, 0.4) is 0 Å². The van der Waals surface area contributed by atoms with E-state index in [2.05, 4.69) is 10.6 Å². The molecule has 1 N–H and O–H groups in total. The average molecular weight is 269 g/mol. The number of halogens is 1. The first-order valence-corrected chi connectivity index (χ1v) is 7.15. The van der Waals surface area contributed by atoms with Gasteiger partial charge in [-0.3, -0.25) is 0 Å². The van der Waals surface area contributed by atoms with Crippen molar-refractivity contribution in [1.29, 1.82) is 0 Å². The van der Waals surface area contributed by atoms with Crippen LogP contribution in [0.15, 0.2) is 23.1 Å². The first kappa shape index (κ1) is 14.7. The Kier molecular flexibility index (Phi) is 5.32. The molecule has 0 heterocycles. The molecule has 98 valence electrons. The second kappa shape index (κ2) is 6.53. The number of unbranched alkanes of at least 4 members (excludes halogenated alkanes) is 2. The standard InChI is InChI=1S/C13H16FNO2S/c1-3-4-5-6-9-15-18(16,17)13-10-12(14)8-7-11(13)2/h1,7-8,10,15H,4-6,9H2,2H3. The van der Waals surface area contributed by atoms with Crippen molar-refractivity contribution in [3.8, 4) is 12.3 Å². The zero-order valence-corrected chi connectivity index (χ0v) is 11.1. The molecule has 0 amide bonds. The van der Waals surface area contributed by atoms with Crippen LogP contribution >= 0.6 is 0 Å². The summed E-state index contributed by atoms with van der Waals surface area (Å²) in [6.07, 6.45) is 7.15. The summed E-state index contributed by atoms with van der Waals surface area (Å²) in [6, 6.07) is 3.71. The molecule has 18 heavy (non-hydrogen) atoms. The number of rotatable bonds is 6. The van der Waals surface area contributed by atoms with Gasteiger partial charge in [-0.1, -0.05) is 6.07 Å². The Morgan fingerprint density at radius 1 is 1.39 bits per heavy atom. The third kappa shape index (κ3) is 4.13. The molecule has 0 unspecified atom stereocenters. The van der Waals surface area contributed by atoms with Crippen LogP contribution < -0.4 is 4.72 Å². The summed E-state index contributed by atoms with van der Waals surface area (Å²) < 4.78 is 39.3. The van der Waals surface area contributed by atoms with Gasteiger partial charge < -0.3 is 0 Å². The lowest BCUT2D eigenvalue weighted by Crippen LogP contribution is -2.25. The van der Waals surface area contributed by atoms with E-state index >= 15 is 0 Å². The summed E-state index contributed by atoms with van der Waals surface area (Å²) in [7, 11) is -3.64. The summed E-state index contributed by atoms with van der Waals surface area (Å²) in [5.74, 6) is 1.93. The van der Waals surface area contributed by atoms with Crippen LogP contribution in [0.4, 0.5) is 4.39 Å². The van der Waals surface area contributed by atoms with Crippen molar-refractivity contribution in [1.82, 2.24) is 4.72 Å². The zero-order chi connectivity index (χ0) is 13.6. The first-order valence-electron chi connectivity index (χ1n) is 5.66. The summed E-state index contributed by atoms with van der Waals surface area (Å²) in [6.45, 7) is 1.94. The summed E-state index contributed by atoms with van der Waals surface area (Å²) in [5.41, 5.74) is 0.521. The molecule has 3 nitrogen and oxygen atoms in total. The van der Waals surface area contributed by atoms with Gasteiger partial charge in [0, 0.05) is 13.0 Å². The van der Waals surface area contributed by atoms with Gasteiger partial charge in [-0.05, 0) is 37.5 Å². The third-order valence-electron chi connectivity index (χ3n) is 2.48. The maximum absolute atomic E-state index is 13.1. The highest BCUT2D eigenvalue weighted by atomic mass is 32.2. The molecule has 0 spiro atoms.